The van der Waals surface area contributed by atoms with Crippen LogP contribution in [0.25, 0.3) is 33.2 Å². The van der Waals surface area contributed by atoms with Crippen LogP contribution in [0.1, 0.15) is 26.3 Å². The Hall–Kier alpha value is -3.70. The molecule has 0 saturated carbocycles. The molecule has 6 heteroatoms. The van der Waals surface area contributed by atoms with Gasteiger partial charge in [-0.3, -0.25) is 5.43 Å². The molecule has 5 nitrogen and oxygen atoms in total. The zero-order valence-corrected chi connectivity index (χ0v) is 19.4. The summed E-state index contributed by atoms with van der Waals surface area (Å²) < 4.78 is 6.22. The summed E-state index contributed by atoms with van der Waals surface area (Å²) in [5, 5.41) is 7.70. The molecule has 2 heterocycles. The van der Waals surface area contributed by atoms with E-state index in [0.717, 1.165) is 27.6 Å². The molecule has 0 bridgehead atoms. The summed E-state index contributed by atoms with van der Waals surface area (Å²) in [5.74, 6) is 1.35. The third-order valence-corrected chi connectivity index (χ3v) is 5.80. The van der Waals surface area contributed by atoms with Crippen LogP contribution >= 0.6 is 11.6 Å². The topological polar surface area (TPSA) is 63.3 Å². The molecule has 0 fully saturated rings. The zero-order chi connectivity index (χ0) is 23.0. The number of hydrogen-bond acceptors (Lipinski definition) is 5. The molecule has 164 valence electrons. The lowest BCUT2D eigenvalue weighted by molar-refractivity contribution is 0.589. The molecule has 0 amide bonds. The van der Waals surface area contributed by atoms with Crippen LogP contribution < -0.4 is 10.8 Å². The van der Waals surface area contributed by atoms with Gasteiger partial charge >= 0.3 is 0 Å². The van der Waals surface area contributed by atoms with Crippen molar-refractivity contribution in [3.05, 3.63) is 95.1 Å². The average molecular weight is 455 g/mol. The van der Waals surface area contributed by atoms with Crippen LogP contribution in [0.2, 0.25) is 5.02 Å². The lowest BCUT2D eigenvalue weighted by Gasteiger charge is -2.19. The smallest absolute Gasteiger partial charge is 0.157 e. The first kappa shape index (κ1) is 21.2. The number of nitrogens with zero attached hydrogens (tertiary/aromatic N) is 3. The van der Waals surface area contributed by atoms with E-state index < -0.39 is 0 Å². The molecular weight excluding hydrogens is 432 g/mol. The molecule has 3 aromatic carbocycles. The first-order valence-corrected chi connectivity index (χ1v) is 11.1. The number of anilines is 1. The summed E-state index contributed by atoms with van der Waals surface area (Å²) in [5.41, 5.74) is 6.98. The van der Waals surface area contributed by atoms with Crippen LogP contribution in [0.4, 0.5) is 5.82 Å². The lowest BCUT2D eigenvalue weighted by Crippen LogP contribution is -2.10. The van der Waals surface area contributed by atoms with Crippen molar-refractivity contribution in [3.8, 4) is 11.3 Å². The molecular formula is C27H23ClN4O. The molecule has 0 aliphatic carbocycles. The van der Waals surface area contributed by atoms with Crippen molar-refractivity contribution in [2.45, 2.75) is 26.2 Å². The van der Waals surface area contributed by atoms with Gasteiger partial charge < -0.3 is 4.42 Å². The predicted molar refractivity (Wildman–Crippen MR) is 134 cm³/mol. The molecule has 0 atom stereocenters. The van der Waals surface area contributed by atoms with Gasteiger partial charge in [-0.2, -0.15) is 5.10 Å². The van der Waals surface area contributed by atoms with Crippen LogP contribution in [0, 0.1) is 0 Å². The van der Waals surface area contributed by atoms with Gasteiger partial charge in [0.25, 0.3) is 0 Å². The van der Waals surface area contributed by atoms with E-state index in [-0.39, 0.29) is 5.41 Å². The van der Waals surface area contributed by atoms with Crippen molar-refractivity contribution in [2.24, 2.45) is 5.10 Å². The number of nitrogens with one attached hydrogen (secondary N) is 1. The predicted octanol–water partition coefficient (Wildman–Crippen LogP) is 6.92. The number of fused-ring (bicyclic) bond motifs is 2. The minimum Gasteiger partial charge on any atom is -0.456 e. The van der Waals surface area contributed by atoms with Gasteiger partial charge in [-0.15, -0.1) is 0 Å². The maximum Gasteiger partial charge on any atom is 0.157 e. The van der Waals surface area contributed by atoms with Crippen LogP contribution in [0.5, 0.6) is 0 Å². The Morgan fingerprint density at radius 1 is 0.879 bits per heavy atom. The number of aromatic nitrogens is 2. The van der Waals surface area contributed by atoms with E-state index in [0.29, 0.717) is 21.8 Å². The van der Waals surface area contributed by atoms with E-state index in [1.807, 2.05) is 48.5 Å². The molecule has 33 heavy (non-hydrogen) atoms. The van der Waals surface area contributed by atoms with E-state index in [9.17, 15) is 0 Å². The molecule has 0 spiro atoms. The second-order valence-electron chi connectivity index (χ2n) is 8.93. The van der Waals surface area contributed by atoms with E-state index in [2.05, 4.69) is 65.5 Å². The Kier molecular flexibility index (Phi) is 5.35. The van der Waals surface area contributed by atoms with E-state index in [1.165, 1.54) is 11.9 Å². The van der Waals surface area contributed by atoms with Gasteiger partial charge in [-0.05, 0) is 41.3 Å². The molecule has 5 aromatic rings. The fourth-order valence-electron chi connectivity index (χ4n) is 3.72. The minimum atomic E-state index is 0.0839. The Morgan fingerprint density at radius 3 is 2.45 bits per heavy atom. The van der Waals surface area contributed by atoms with Gasteiger partial charge in [0.1, 0.15) is 17.7 Å². The Bertz CT molecular complexity index is 1530. The highest BCUT2D eigenvalue weighted by Gasteiger charge is 2.14. The Labute approximate surface area is 196 Å². The van der Waals surface area contributed by atoms with Gasteiger partial charge in [-0.25, -0.2) is 9.97 Å². The van der Waals surface area contributed by atoms with Crippen molar-refractivity contribution in [1.29, 1.82) is 0 Å². The van der Waals surface area contributed by atoms with Crippen molar-refractivity contribution < 1.29 is 4.42 Å². The van der Waals surface area contributed by atoms with E-state index in [4.69, 9.17) is 16.0 Å². The first-order chi connectivity index (χ1) is 15.9. The fraction of sp³-hybridized carbons (Fsp3) is 0.148. The normalized spacial score (nSPS) is 12.4. The van der Waals surface area contributed by atoms with Gasteiger partial charge in [0.2, 0.25) is 0 Å². The van der Waals surface area contributed by atoms with Crippen LogP contribution in [0.3, 0.4) is 0 Å². The summed E-state index contributed by atoms with van der Waals surface area (Å²) >= 11 is 6.28. The van der Waals surface area contributed by atoms with Crippen molar-refractivity contribution in [2.75, 3.05) is 5.43 Å². The fourth-order valence-corrected chi connectivity index (χ4v) is 3.89. The molecule has 0 radical (unpaired) electrons. The number of hydrogen-bond donors (Lipinski definition) is 1. The first-order valence-electron chi connectivity index (χ1n) is 10.7. The quantitative estimate of drug-likeness (QED) is 0.300. The second-order valence-corrected chi connectivity index (χ2v) is 9.36. The largest absolute Gasteiger partial charge is 0.456 e. The van der Waals surface area contributed by atoms with Gasteiger partial charge in [-0.1, -0.05) is 68.8 Å². The molecule has 0 saturated heterocycles. The SMILES string of the molecule is CC(C)(C)c1ccc(-c2c/c(=N\Nc3ncnc4ccccc34)c3cc(Cl)ccc3o2)cc1. The molecule has 0 aliphatic heterocycles. The Morgan fingerprint density at radius 2 is 1.67 bits per heavy atom. The molecule has 0 unspecified atom stereocenters. The van der Waals surface area contributed by atoms with Gasteiger partial charge in [0, 0.05) is 27.4 Å². The van der Waals surface area contributed by atoms with E-state index in [1.54, 1.807) is 0 Å². The van der Waals surface area contributed by atoms with Crippen molar-refractivity contribution in [3.63, 3.8) is 0 Å². The highest BCUT2D eigenvalue weighted by molar-refractivity contribution is 6.31. The second kappa shape index (κ2) is 8.34. The van der Waals surface area contributed by atoms with Crippen LogP contribution in [-0.2, 0) is 5.41 Å². The van der Waals surface area contributed by atoms with Crippen LogP contribution in [0.15, 0.2) is 88.6 Å². The third kappa shape index (κ3) is 4.32. The summed E-state index contributed by atoms with van der Waals surface area (Å²) in [6.45, 7) is 6.60. The standard InChI is InChI=1S/C27H23ClN4O/c1-27(2,3)18-10-8-17(9-11-18)25-15-23(21-14-19(28)12-13-24(21)33-25)31-32-26-20-6-4-5-7-22(20)29-16-30-26/h4-16H,1-3H3,(H,29,30,32)/b31-23+. The van der Waals surface area contributed by atoms with E-state index >= 15 is 0 Å². The van der Waals surface area contributed by atoms with Gasteiger partial charge in [0.05, 0.1) is 10.9 Å². The highest BCUT2D eigenvalue weighted by Crippen LogP contribution is 2.28. The average Bonchev–Trinajstić information content (AvgIpc) is 2.82. The minimum absolute atomic E-state index is 0.0839. The lowest BCUT2D eigenvalue weighted by atomic mass is 9.86. The Balaban J connectivity index is 1.63. The molecule has 1 N–H and O–H groups in total. The molecule has 0 aliphatic rings. The number of benzene rings is 3. The van der Waals surface area contributed by atoms with Crippen molar-refractivity contribution >= 4 is 39.3 Å². The molecule has 5 rings (SSSR count). The molecule has 2 aromatic heterocycles. The third-order valence-electron chi connectivity index (χ3n) is 5.57. The summed E-state index contributed by atoms with van der Waals surface area (Å²) in [6, 6.07) is 23.7. The number of halogens is 1. The summed E-state index contributed by atoms with van der Waals surface area (Å²) in [4.78, 5) is 8.68. The zero-order valence-electron chi connectivity index (χ0n) is 18.6. The van der Waals surface area contributed by atoms with Crippen LogP contribution in [-0.4, -0.2) is 9.97 Å². The number of para-hydroxylation sites is 1. The maximum atomic E-state index is 6.28. The number of rotatable bonds is 3. The monoisotopic (exact) mass is 454 g/mol. The van der Waals surface area contributed by atoms with Crippen molar-refractivity contribution in [1.82, 2.24) is 9.97 Å². The summed E-state index contributed by atoms with van der Waals surface area (Å²) in [6.07, 6.45) is 1.53. The van der Waals surface area contributed by atoms with Gasteiger partial charge in [0.15, 0.2) is 5.82 Å². The maximum absolute atomic E-state index is 6.28. The highest BCUT2D eigenvalue weighted by atomic mass is 35.5. The summed E-state index contributed by atoms with van der Waals surface area (Å²) in [7, 11) is 0.